The van der Waals surface area contributed by atoms with Gasteiger partial charge in [0.15, 0.2) is 0 Å². The zero-order chi connectivity index (χ0) is 16.5. The van der Waals surface area contributed by atoms with Crippen molar-refractivity contribution in [3.63, 3.8) is 0 Å². The molecule has 2 rings (SSSR count). The summed E-state index contributed by atoms with van der Waals surface area (Å²) in [6.45, 7) is 1.98. The number of nitrogens with zero attached hydrogens (tertiary/aromatic N) is 1. The van der Waals surface area contributed by atoms with Crippen molar-refractivity contribution in [3.8, 4) is 5.75 Å². The van der Waals surface area contributed by atoms with E-state index in [1.807, 2.05) is 55.5 Å². The van der Waals surface area contributed by atoms with Crippen LogP contribution in [0.5, 0.6) is 5.75 Å². The molecule has 0 bridgehead atoms. The van der Waals surface area contributed by atoms with Gasteiger partial charge in [-0.05, 0) is 29.7 Å². The van der Waals surface area contributed by atoms with Gasteiger partial charge in [0.05, 0.1) is 19.1 Å². The molecule has 1 amide bonds. The van der Waals surface area contributed by atoms with Crippen molar-refractivity contribution >= 4 is 23.9 Å². The van der Waals surface area contributed by atoms with Crippen LogP contribution in [-0.2, 0) is 10.5 Å². The molecule has 5 heteroatoms. The molecule has 23 heavy (non-hydrogen) atoms. The summed E-state index contributed by atoms with van der Waals surface area (Å²) in [4.78, 5) is 11.7. The number of hydrazone groups is 1. The smallest absolute Gasteiger partial charge is 0.250 e. The van der Waals surface area contributed by atoms with E-state index in [0.717, 1.165) is 22.6 Å². The zero-order valence-corrected chi connectivity index (χ0v) is 14.1. The van der Waals surface area contributed by atoms with Crippen LogP contribution in [0.4, 0.5) is 0 Å². The first kappa shape index (κ1) is 17.1. The van der Waals surface area contributed by atoms with E-state index < -0.39 is 0 Å². The molecule has 2 aromatic rings. The number of hydrogen-bond donors (Lipinski definition) is 1. The Morgan fingerprint density at radius 2 is 2.04 bits per heavy atom. The maximum absolute atomic E-state index is 11.7. The minimum atomic E-state index is -0.110. The quantitative estimate of drug-likeness (QED) is 0.626. The number of thioether (sulfide) groups is 1. The third kappa shape index (κ3) is 5.79. The molecule has 0 radical (unpaired) electrons. The molecule has 0 saturated carbocycles. The maximum atomic E-state index is 11.7. The van der Waals surface area contributed by atoms with E-state index >= 15 is 0 Å². The highest BCUT2D eigenvalue weighted by Gasteiger charge is 2.01. The van der Waals surface area contributed by atoms with Gasteiger partial charge in [-0.3, -0.25) is 4.79 Å². The van der Waals surface area contributed by atoms with Gasteiger partial charge in [-0.25, -0.2) is 5.43 Å². The van der Waals surface area contributed by atoms with Crippen LogP contribution in [0.1, 0.15) is 16.7 Å². The molecule has 0 aromatic heterocycles. The molecule has 0 aliphatic heterocycles. The molecule has 0 saturated heterocycles. The van der Waals surface area contributed by atoms with Crippen LogP contribution >= 0.6 is 11.8 Å². The molecule has 0 unspecified atom stereocenters. The van der Waals surface area contributed by atoms with Crippen LogP contribution in [0, 0.1) is 6.92 Å². The number of benzene rings is 2. The van der Waals surface area contributed by atoms with Gasteiger partial charge in [0.2, 0.25) is 5.91 Å². The van der Waals surface area contributed by atoms with Crippen molar-refractivity contribution in [2.24, 2.45) is 5.10 Å². The number of hydrogen-bond acceptors (Lipinski definition) is 4. The van der Waals surface area contributed by atoms with Crippen molar-refractivity contribution in [2.45, 2.75) is 12.7 Å². The third-order valence-electron chi connectivity index (χ3n) is 3.18. The summed E-state index contributed by atoms with van der Waals surface area (Å²) in [5, 5.41) is 3.98. The van der Waals surface area contributed by atoms with Crippen LogP contribution in [0.25, 0.3) is 0 Å². The highest BCUT2D eigenvalue weighted by Crippen LogP contribution is 2.17. The van der Waals surface area contributed by atoms with Crippen LogP contribution < -0.4 is 10.2 Å². The molecule has 0 fully saturated rings. The Bertz CT molecular complexity index is 672. The second-order valence-electron chi connectivity index (χ2n) is 5.00. The summed E-state index contributed by atoms with van der Waals surface area (Å²) in [6.07, 6.45) is 1.61. The Hall–Kier alpha value is -2.27. The SMILES string of the molecule is COc1cc(/C=N\NC(=O)CSCc2ccccc2)ccc1C. The normalized spacial score (nSPS) is 10.7. The van der Waals surface area contributed by atoms with Gasteiger partial charge in [0.1, 0.15) is 5.75 Å². The van der Waals surface area contributed by atoms with Crippen LogP contribution in [0.15, 0.2) is 53.6 Å². The van der Waals surface area contributed by atoms with Gasteiger partial charge in [-0.15, -0.1) is 11.8 Å². The van der Waals surface area contributed by atoms with Crippen LogP contribution in [-0.4, -0.2) is 25.0 Å². The van der Waals surface area contributed by atoms with E-state index in [1.165, 1.54) is 5.56 Å². The average Bonchev–Trinajstić information content (AvgIpc) is 2.57. The topological polar surface area (TPSA) is 50.7 Å². The Morgan fingerprint density at radius 1 is 1.26 bits per heavy atom. The lowest BCUT2D eigenvalue weighted by Crippen LogP contribution is -2.19. The largest absolute Gasteiger partial charge is 0.496 e. The fraction of sp³-hybridized carbons (Fsp3) is 0.222. The molecule has 0 heterocycles. The van der Waals surface area contributed by atoms with Gasteiger partial charge in [0, 0.05) is 5.75 Å². The van der Waals surface area contributed by atoms with Crippen molar-refractivity contribution in [3.05, 3.63) is 65.2 Å². The van der Waals surface area contributed by atoms with E-state index in [-0.39, 0.29) is 5.91 Å². The number of carbonyl (C=O) groups is 1. The Kier molecular flexibility index (Phi) is 6.69. The molecule has 1 N–H and O–H groups in total. The molecular formula is C18H20N2O2S. The van der Waals surface area contributed by atoms with Crippen LogP contribution in [0.3, 0.4) is 0 Å². The molecule has 0 spiro atoms. The number of nitrogens with one attached hydrogen (secondary N) is 1. The zero-order valence-electron chi connectivity index (χ0n) is 13.3. The lowest BCUT2D eigenvalue weighted by atomic mass is 10.1. The Balaban J connectivity index is 1.75. The summed E-state index contributed by atoms with van der Waals surface area (Å²) in [5.41, 5.74) is 5.69. The van der Waals surface area contributed by atoms with Gasteiger partial charge in [-0.1, -0.05) is 42.5 Å². The average molecular weight is 328 g/mol. The van der Waals surface area contributed by atoms with Crippen molar-refractivity contribution < 1.29 is 9.53 Å². The number of ether oxygens (including phenoxy) is 1. The van der Waals surface area contributed by atoms with E-state index in [0.29, 0.717) is 5.75 Å². The second-order valence-corrected chi connectivity index (χ2v) is 5.99. The monoisotopic (exact) mass is 328 g/mol. The maximum Gasteiger partial charge on any atom is 0.250 e. The number of aryl methyl sites for hydroxylation is 1. The van der Waals surface area contributed by atoms with Crippen molar-refractivity contribution in [2.75, 3.05) is 12.9 Å². The first-order valence-corrected chi connectivity index (χ1v) is 8.42. The summed E-state index contributed by atoms with van der Waals surface area (Å²) in [7, 11) is 1.63. The lowest BCUT2D eigenvalue weighted by Gasteiger charge is -2.04. The molecule has 2 aromatic carbocycles. The second kappa shape index (κ2) is 9.00. The summed E-state index contributed by atoms with van der Waals surface area (Å²) >= 11 is 1.56. The van der Waals surface area contributed by atoms with Gasteiger partial charge in [0.25, 0.3) is 0 Å². The van der Waals surface area contributed by atoms with Crippen molar-refractivity contribution in [1.82, 2.24) is 5.43 Å². The highest BCUT2D eigenvalue weighted by molar-refractivity contribution is 7.99. The van der Waals surface area contributed by atoms with E-state index in [4.69, 9.17) is 4.74 Å². The first-order chi connectivity index (χ1) is 11.2. The molecule has 120 valence electrons. The molecule has 0 aliphatic rings. The van der Waals surface area contributed by atoms with Gasteiger partial charge < -0.3 is 4.74 Å². The number of carbonyl (C=O) groups excluding carboxylic acids is 1. The van der Waals surface area contributed by atoms with Crippen molar-refractivity contribution in [1.29, 1.82) is 0 Å². The summed E-state index contributed by atoms with van der Waals surface area (Å²) in [6, 6.07) is 15.8. The van der Waals surface area contributed by atoms with E-state index in [1.54, 1.807) is 25.1 Å². The molecule has 0 atom stereocenters. The molecular weight excluding hydrogens is 308 g/mol. The highest BCUT2D eigenvalue weighted by atomic mass is 32.2. The standard InChI is InChI=1S/C18H20N2O2S/c1-14-8-9-16(10-17(14)22-2)11-19-20-18(21)13-23-12-15-6-4-3-5-7-15/h3-11H,12-13H2,1-2H3,(H,20,21)/b19-11-. The third-order valence-corrected chi connectivity index (χ3v) is 4.18. The fourth-order valence-electron chi connectivity index (χ4n) is 1.96. The lowest BCUT2D eigenvalue weighted by molar-refractivity contribution is -0.118. The van der Waals surface area contributed by atoms with E-state index in [9.17, 15) is 4.79 Å². The minimum Gasteiger partial charge on any atom is -0.496 e. The summed E-state index contributed by atoms with van der Waals surface area (Å²) < 4.78 is 5.26. The van der Waals surface area contributed by atoms with Crippen LogP contribution in [0.2, 0.25) is 0 Å². The number of amides is 1. The van der Waals surface area contributed by atoms with E-state index in [2.05, 4.69) is 10.5 Å². The molecule has 4 nitrogen and oxygen atoms in total. The predicted octanol–water partition coefficient (Wildman–Crippen LogP) is 3.39. The Morgan fingerprint density at radius 3 is 2.78 bits per heavy atom. The minimum absolute atomic E-state index is 0.110. The van der Waals surface area contributed by atoms with Gasteiger partial charge in [-0.2, -0.15) is 5.10 Å². The number of rotatable bonds is 7. The fourth-order valence-corrected chi connectivity index (χ4v) is 2.74. The van der Waals surface area contributed by atoms with Gasteiger partial charge >= 0.3 is 0 Å². The Labute approximate surface area is 140 Å². The predicted molar refractivity (Wildman–Crippen MR) is 96.1 cm³/mol. The number of methoxy groups -OCH3 is 1. The summed E-state index contributed by atoms with van der Waals surface area (Å²) in [5.74, 6) is 1.89. The molecule has 0 aliphatic carbocycles. The first-order valence-electron chi connectivity index (χ1n) is 7.27.